The smallest absolute Gasteiger partial charge is 0.234 e. The van der Waals surface area contributed by atoms with E-state index in [4.69, 9.17) is 31.4 Å². The van der Waals surface area contributed by atoms with Crippen LogP contribution in [0.15, 0.2) is 21.2 Å². The molecule has 2 N–H and O–H groups in total. The molecule has 14 heavy (non-hydrogen) atoms. The third-order valence-electron chi connectivity index (χ3n) is 1.61. The molecule has 0 aromatic carbocycles. The second-order valence-electron chi connectivity index (χ2n) is 2.45. The van der Waals surface area contributed by atoms with Crippen LogP contribution in [0.2, 0.25) is 5.22 Å². The lowest BCUT2D eigenvalue weighted by atomic mass is 10.3. The van der Waals surface area contributed by atoms with E-state index in [1.54, 1.807) is 12.1 Å². The molecular weight excluding hydrogens is 206 g/mol. The van der Waals surface area contributed by atoms with E-state index >= 15 is 0 Å². The van der Waals surface area contributed by atoms with Crippen LogP contribution < -0.4 is 5.73 Å². The Morgan fingerprint density at radius 1 is 1.57 bits per heavy atom. The minimum absolute atomic E-state index is 0.0280. The van der Waals surface area contributed by atoms with E-state index in [0.29, 0.717) is 5.56 Å². The van der Waals surface area contributed by atoms with Crippen molar-refractivity contribution in [2.45, 2.75) is 0 Å². The van der Waals surface area contributed by atoms with Crippen LogP contribution in [-0.2, 0) is 0 Å². The summed E-state index contributed by atoms with van der Waals surface area (Å²) in [6.07, 6.45) is 1.39. The second-order valence-corrected chi connectivity index (χ2v) is 2.79. The van der Waals surface area contributed by atoms with Crippen LogP contribution >= 0.6 is 11.6 Å². The van der Waals surface area contributed by atoms with Crippen LogP contribution in [-0.4, -0.2) is 4.98 Å². The van der Waals surface area contributed by atoms with E-state index in [1.165, 1.54) is 6.26 Å². The fraction of sp³-hybridized carbons (Fsp3) is 0. The number of rotatable bonds is 1. The van der Waals surface area contributed by atoms with E-state index in [9.17, 15) is 0 Å². The van der Waals surface area contributed by atoms with E-state index in [2.05, 4.69) is 4.98 Å². The van der Waals surface area contributed by atoms with Gasteiger partial charge in [-0.3, -0.25) is 0 Å². The van der Waals surface area contributed by atoms with Gasteiger partial charge in [-0.25, -0.2) is 0 Å². The minimum Gasteiger partial charge on any atom is -0.452 e. The summed E-state index contributed by atoms with van der Waals surface area (Å²) in [6.45, 7) is 0. The largest absolute Gasteiger partial charge is 0.452 e. The fourth-order valence-corrected chi connectivity index (χ4v) is 1.17. The zero-order chi connectivity index (χ0) is 10.1. The molecule has 0 unspecified atom stereocenters. The molecule has 2 rings (SSSR count). The molecule has 0 amide bonds. The number of hydrogen-bond acceptors (Lipinski definition) is 5. The highest BCUT2D eigenvalue weighted by atomic mass is 35.5. The lowest BCUT2D eigenvalue weighted by molar-refractivity contribution is 0.564. The number of nitrogen functional groups attached to an aromatic ring is 1. The molecule has 0 spiro atoms. The number of oxazole rings is 1. The van der Waals surface area contributed by atoms with Crippen LogP contribution in [0.1, 0.15) is 5.69 Å². The normalized spacial score (nSPS) is 10.0. The van der Waals surface area contributed by atoms with Gasteiger partial charge in [0.05, 0.1) is 11.8 Å². The highest BCUT2D eigenvalue weighted by Crippen LogP contribution is 2.30. The third-order valence-corrected chi connectivity index (χ3v) is 1.90. The van der Waals surface area contributed by atoms with Crippen molar-refractivity contribution in [3.8, 4) is 17.5 Å². The molecule has 0 saturated carbocycles. The molecule has 2 aromatic rings. The molecule has 5 nitrogen and oxygen atoms in total. The van der Waals surface area contributed by atoms with Gasteiger partial charge in [-0.05, 0) is 17.7 Å². The highest BCUT2D eigenvalue weighted by molar-refractivity contribution is 6.31. The van der Waals surface area contributed by atoms with Crippen molar-refractivity contribution in [1.29, 1.82) is 5.26 Å². The standard InChI is InChI=1S/C8H4ClN3O2/c9-6-4(1-2-13-6)8-12-5(3-10)7(11)14-8/h1-2H,11H2. The minimum atomic E-state index is -0.0280. The molecule has 0 aliphatic carbocycles. The summed E-state index contributed by atoms with van der Waals surface area (Å²) < 4.78 is 9.87. The summed E-state index contributed by atoms with van der Waals surface area (Å²) in [5.41, 5.74) is 5.89. The zero-order valence-corrected chi connectivity index (χ0v) is 7.58. The van der Waals surface area contributed by atoms with Crippen LogP contribution in [0.5, 0.6) is 0 Å². The molecule has 0 aliphatic heterocycles. The zero-order valence-electron chi connectivity index (χ0n) is 6.82. The fourth-order valence-electron chi connectivity index (χ4n) is 0.973. The van der Waals surface area contributed by atoms with E-state index < -0.39 is 0 Å². The molecule has 0 aliphatic rings. The predicted octanol–water partition coefficient (Wildman–Crippen LogP) is 2.04. The maximum atomic E-state index is 8.59. The number of anilines is 1. The summed E-state index contributed by atoms with van der Waals surface area (Å²) >= 11 is 5.69. The van der Waals surface area contributed by atoms with Gasteiger partial charge in [0.2, 0.25) is 22.7 Å². The van der Waals surface area contributed by atoms with Crippen LogP contribution in [0.25, 0.3) is 11.5 Å². The molecule has 0 atom stereocenters. The number of nitrogens with zero attached hydrogens (tertiary/aromatic N) is 2. The van der Waals surface area contributed by atoms with Gasteiger partial charge in [-0.1, -0.05) is 0 Å². The lowest BCUT2D eigenvalue weighted by Crippen LogP contribution is -1.84. The van der Waals surface area contributed by atoms with Gasteiger partial charge >= 0.3 is 0 Å². The molecule has 0 fully saturated rings. The number of halogens is 1. The third kappa shape index (κ3) is 1.22. The van der Waals surface area contributed by atoms with Crippen molar-refractivity contribution in [2.75, 3.05) is 5.73 Å². The first-order chi connectivity index (χ1) is 6.72. The number of nitriles is 1. The summed E-state index contributed by atoms with van der Waals surface area (Å²) in [5.74, 6) is 0.151. The van der Waals surface area contributed by atoms with Gasteiger partial charge in [0.1, 0.15) is 6.07 Å². The number of aromatic nitrogens is 1. The van der Waals surface area contributed by atoms with Crippen molar-refractivity contribution in [2.24, 2.45) is 0 Å². The number of nitrogens with two attached hydrogens (primary N) is 1. The maximum Gasteiger partial charge on any atom is 0.234 e. The first-order valence-corrected chi connectivity index (χ1v) is 4.00. The Kier molecular flexibility index (Phi) is 1.91. The van der Waals surface area contributed by atoms with Gasteiger partial charge < -0.3 is 14.6 Å². The summed E-state index contributed by atoms with van der Waals surface area (Å²) in [6, 6.07) is 3.37. The van der Waals surface area contributed by atoms with Crippen molar-refractivity contribution < 1.29 is 8.83 Å². The Morgan fingerprint density at radius 2 is 2.36 bits per heavy atom. The highest BCUT2D eigenvalue weighted by Gasteiger charge is 2.15. The molecule has 6 heteroatoms. The Morgan fingerprint density at radius 3 is 2.86 bits per heavy atom. The quantitative estimate of drug-likeness (QED) is 0.776. The molecular formula is C8H4ClN3O2. The molecule has 0 radical (unpaired) electrons. The lowest BCUT2D eigenvalue weighted by Gasteiger charge is -1.87. The van der Waals surface area contributed by atoms with Crippen molar-refractivity contribution in [3.05, 3.63) is 23.2 Å². The van der Waals surface area contributed by atoms with Gasteiger partial charge in [-0.2, -0.15) is 10.2 Å². The van der Waals surface area contributed by atoms with Crippen molar-refractivity contribution in [3.63, 3.8) is 0 Å². The summed E-state index contributed by atoms with van der Waals surface area (Å²) in [4.78, 5) is 3.83. The Labute approximate surface area is 83.7 Å². The van der Waals surface area contributed by atoms with Gasteiger partial charge in [0.15, 0.2) is 0 Å². The molecule has 0 bridgehead atoms. The topological polar surface area (TPSA) is 89.0 Å². The molecule has 2 heterocycles. The van der Waals surface area contributed by atoms with E-state index in [-0.39, 0.29) is 22.7 Å². The average molecular weight is 210 g/mol. The monoisotopic (exact) mass is 209 g/mol. The summed E-state index contributed by atoms with van der Waals surface area (Å²) in [7, 11) is 0. The Bertz CT molecular complexity index is 509. The molecule has 70 valence electrons. The van der Waals surface area contributed by atoms with E-state index in [1.807, 2.05) is 0 Å². The molecule has 0 saturated heterocycles. The maximum absolute atomic E-state index is 8.59. The van der Waals surface area contributed by atoms with Crippen molar-refractivity contribution in [1.82, 2.24) is 4.98 Å². The Hall–Kier alpha value is -1.93. The summed E-state index contributed by atoms with van der Waals surface area (Å²) in [5, 5.41) is 8.74. The van der Waals surface area contributed by atoms with Gasteiger partial charge in [-0.15, -0.1) is 0 Å². The van der Waals surface area contributed by atoms with Crippen molar-refractivity contribution >= 4 is 17.5 Å². The second kappa shape index (κ2) is 3.09. The average Bonchev–Trinajstić information content (AvgIpc) is 2.71. The van der Waals surface area contributed by atoms with Crippen LogP contribution in [0.4, 0.5) is 5.88 Å². The van der Waals surface area contributed by atoms with Gasteiger partial charge in [0.25, 0.3) is 0 Å². The van der Waals surface area contributed by atoms with Gasteiger partial charge in [0, 0.05) is 0 Å². The van der Waals surface area contributed by atoms with Crippen LogP contribution in [0.3, 0.4) is 0 Å². The van der Waals surface area contributed by atoms with E-state index in [0.717, 1.165) is 0 Å². The first-order valence-electron chi connectivity index (χ1n) is 3.62. The Balaban J connectivity index is 2.54. The predicted molar refractivity (Wildman–Crippen MR) is 48.3 cm³/mol. The number of hydrogen-bond donors (Lipinski definition) is 1. The SMILES string of the molecule is N#Cc1nc(-c2ccoc2Cl)oc1N. The van der Waals surface area contributed by atoms with Crippen LogP contribution in [0, 0.1) is 11.3 Å². The first kappa shape index (κ1) is 8.66. The number of furan rings is 1. The molecule has 2 aromatic heterocycles.